The lowest BCUT2D eigenvalue weighted by molar-refractivity contribution is 0.0677. The quantitative estimate of drug-likeness (QED) is 0.942. The molecule has 2 heterocycles. The van der Waals surface area contributed by atoms with E-state index in [4.69, 9.17) is 4.74 Å². The lowest BCUT2D eigenvalue weighted by Gasteiger charge is -2.22. The van der Waals surface area contributed by atoms with Gasteiger partial charge in [0.2, 0.25) is 5.88 Å². The number of nitrogens with zero attached hydrogens (tertiary/aromatic N) is 2. The fourth-order valence-corrected chi connectivity index (χ4v) is 2.64. The Balaban J connectivity index is 1.70. The average molecular weight is 298 g/mol. The van der Waals surface area contributed by atoms with E-state index in [-0.39, 0.29) is 18.6 Å². The van der Waals surface area contributed by atoms with E-state index >= 15 is 0 Å². The maximum atomic E-state index is 12.4. The third-order valence-electron chi connectivity index (χ3n) is 3.80. The predicted octanol–water partition coefficient (Wildman–Crippen LogP) is 2.47. The number of pyridine rings is 1. The molecule has 5 nitrogen and oxygen atoms in total. The Labute approximate surface area is 129 Å². The molecular formula is C17H18N2O3. The highest BCUT2D eigenvalue weighted by Crippen LogP contribution is 2.22. The van der Waals surface area contributed by atoms with Crippen molar-refractivity contribution < 1.29 is 14.6 Å². The molecule has 1 atom stereocenters. The van der Waals surface area contributed by atoms with Crippen LogP contribution in [0.3, 0.4) is 0 Å². The second-order valence-electron chi connectivity index (χ2n) is 5.28. The van der Waals surface area contributed by atoms with Crippen LogP contribution >= 0.6 is 0 Å². The van der Waals surface area contributed by atoms with Crippen molar-refractivity contribution in [3.63, 3.8) is 0 Å². The molecule has 0 bridgehead atoms. The molecule has 0 spiro atoms. The highest BCUT2D eigenvalue weighted by atomic mass is 16.5. The Bertz CT molecular complexity index is 628. The first-order valence-electron chi connectivity index (χ1n) is 7.38. The molecule has 0 aliphatic carbocycles. The molecule has 1 fully saturated rings. The molecule has 0 unspecified atom stereocenters. The number of amides is 1. The van der Waals surface area contributed by atoms with Crippen molar-refractivity contribution >= 4 is 5.91 Å². The molecule has 1 aromatic heterocycles. The van der Waals surface area contributed by atoms with Gasteiger partial charge in [-0.25, -0.2) is 4.98 Å². The van der Waals surface area contributed by atoms with Gasteiger partial charge in [-0.15, -0.1) is 0 Å². The molecule has 1 amide bonds. The van der Waals surface area contributed by atoms with E-state index in [0.29, 0.717) is 23.7 Å². The number of aromatic nitrogens is 1. The van der Waals surface area contributed by atoms with Crippen LogP contribution in [-0.4, -0.2) is 40.1 Å². The number of carbonyl (C=O) groups is 1. The normalized spacial score (nSPS) is 17.5. The molecule has 0 radical (unpaired) electrons. The molecule has 22 heavy (non-hydrogen) atoms. The molecular weight excluding hydrogens is 280 g/mol. The fraction of sp³-hybridized carbons (Fsp3) is 0.294. The minimum absolute atomic E-state index is 0.00830. The maximum absolute atomic E-state index is 12.4. The van der Waals surface area contributed by atoms with Crippen LogP contribution in [0.1, 0.15) is 23.2 Å². The summed E-state index contributed by atoms with van der Waals surface area (Å²) in [6.45, 7) is 0.695. The van der Waals surface area contributed by atoms with Gasteiger partial charge in [-0.2, -0.15) is 0 Å². The number of para-hydroxylation sites is 1. The number of carbonyl (C=O) groups excluding carboxylic acids is 1. The Morgan fingerprint density at radius 3 is 2.77 bits per heavy atom. The van der Waals surface area contributed by atoms with Gasteiger partial charge in [-0.05, 0) is 31.0 Å². The van der Waals surface area contributed by atoms with Crippen molar-refractivity contribution in [1.82, 2.24) is 9.88 Å². The van der Waals surface area contributed by atoms with Crippen molar-refractivity contribution in [3.05, 3.63) is 54.2 Å². The number of hydrogen-bond acceptors (Lipinski definition) is 4. The topological polar surface area (TPSA) is 62.7 Å². The largest absolute Gasteiger partial charge is 0.439 e. The number of ether oxygens (including phenoxy) is 1. The van der Waals surface area contributed by atoms with E-state index in [2.05, 4.69) is 4.98 Å². The van der Waals surface area contributed by atoms with Crippen LogP contribution in [0.4, 0.5) is 0 Å². The van der Waals surface area contributed by atoms with E-state index in [1.54, 1.807) is 17.0 Å². The average Bonchev–Trinajstić information content (AvgIpc) is 3.04. The predicted molar refractivity (Wildman–Crippen MR) is 81.9 cm³/mol. The second kappa shape index (κ2) is 6.58. The minimum Gasteiger partial charge on any atom is -0.439 e. The number of hydrogen-bond donors (Lipinski definition) is 1. The number of likely N-dealkylation sites (tertiary alicyclic amines) is 1. The van der Waals surface area contributed by atoms with Crippen LogP contribution in [0.15, 0.2) is 48.7 Å². The Morgan fingerprint density at radius 1 is 1.27 bits per heavy atom. The summed E-state index contributed by atoms with van der Waals surface area (Å²) in [6, 6.07) is 12.7. The third-order valence-corrected chi connectivity index (χ3v) is 3.80. The SMILES string of the molecule is O=C(c1ccc(Oc2ccccc2)nc1)N1CCC[C@@H]1CO. The molecule has 2 aromatic rings. The van der Waals surface area contributed by atoms with Crippen molar-refractivity contribution in [2.24, 2.45) is 0 Å². The van der Waals surface area contributed by atoms with Crippen molar-refractivity contribution in [1.29, 1.82) is 0 Å². The van der Waals surface area contributed by atoms with Crippen LogP contribution in [-0.2, 0) is 0 Å². The molecule has 1 aliphatic rings. The summed E-state index contributed by atoms with van der Waals surface area (Å²) in [6.07, 6.45) is 3.30. The summed E-state index contributed by atoms with van der Waals surface area (Å²) >= 11 is 0. The Morgan fingerprint density at radius 2 is 2.09 bits per heavy atom. The summed E-state index contributed by atoms with van der Waals surface area (Å²) in [5.74, 6) is 1.06. The minimum atomic E-state index is -0.0877. The van der Waals surface area contributed by atoms with E-state index in [1.807, 2.05) is 30.3 Å². The van der Waals surface area contributed by atoms with Gasteiger partial charge in [0, 0.05) is 18.8 Å². The van der Waals surface area contributed by atoms with Gasteiger partial charge < -0.3 is 14.7 Å². The third kappa shape index (κ3) is 3.09. The number of aliphatic hydroxyl groups excluding tert-OH is 1. The first-order valence-corrected chi connectivity index (χ1v) is 7.38. The molecule has 0 saturated carbocycles. The van der Waals surface area contributed by atoms with E-state index < -0.39 is 0 Å². The zero-order chi connectivity index (χ0) is 15.4. The van der Waals surface area contributed by atoms with E-state index in [9.17, 15) is 9.90 Å². The van der Waals surface area contributed by atoms with E-state index in [1.165, 1.54) is 6.20 Å². The van der Waals surface area contributed by atoms with Crippen LogP contribution in [0.2, 0.25) is 0 Å². The van der Waals surface area contributed by atoms with Crippen LogP contribution in [0.5, 0.6) is 11.6 Å². The molecule has 1 aliphatic heterocycles. The first kappa shape index (κ1) is 14.5. The highest BCUT2D eigenvalue weighted by Gasteiger charge is 2.28. The zero-order valence-corrected chi connectivity index (χ0v) is 12.2. The molecule has 5 heteroatoms. The van der Waals surface area contributed by atoms with Crippen molar-refractivity contribution in [2.75, 3.05) is 13.2 Å². The van der Waals surface area contributed by atoms with Crippen LogP contribution < -0.4 is 4.74 Å². The lowest BCUT2D eigenvalue weighted by Crippen LogP contribution is -2.37. The number of benzene rings is 1. The first-order chi connectivity index (χ1) is 10.8. The molecule has 1 saturated heterocycles. The zero-order valence-electron chi connectivity index (χ0n) is 12.2. The van der Waals surface area contributed by atoms with Crippen molar-refractivity contribution in [3.8, 4) is 11.6 Å². The molecule has 1 N–H and O–H groups in total. The number of aliphatic hydroxyl groups is 1. The second-order valence-corrected chi connectivity index (χ2v) is 5.28. The Hall–Kier alpha value is -2.40. The Kier molecular flexibility index (Phi) is 4.34. The van der Waals surface area contributed by atoms with Gasteiger partial charge in [0.1, 0.15) is 5.75 Å². The molecule has 3 rings (SSSR count). The highest BCUT2D eigenvalue weighted by molar-refractivity contribution is 5.94. The fourth-order valence-electron chi connectivity index (χ4n) is 2.64. The smallest absolute Gasteiger partial charge is 0.255 e. The summed E-state index contributed by atoms with van der Waals surface area (Å²) in [7, 11) is 0. The van der Waals surface area contributed by atoms with E-state index in [0.717, 1.165) is 12.8 Å². The van der Waals surface area contributed by atoms with Gasteiger partial charge in [0.25, 0.3) is 5.91 Å². The van der Waals surface area contributed by atoms with Crippen LogP contribution in [0.25, 0.3) is 0 Å². The van der Waals surface area contributed by atoms with Gasteiger partial charge in [0.05, 0.1) is 18.2 Å². The number of rotatable bonds is 4. The summed E-state index contributed by atoms with van der Waals surface area (Å²) in [5, 5.41) is 9.31. The van der Waals surface area contributed by atoms with Crippen LogP contribution in [0, 0.1) is 0 Å². The monoisotopic (exact) mass is 298 g/mol. The van der Waals surface area contributed by atoms with Gasteiger partial charge in [-0.1, -0.05) is 18.2 Å². The summed E-state index contributed by atoms with van der Waals surface area (Å²) < 4.78 is 5.60. The molecule has 114 valence electrons. The van der Waals surface area contributed by atoms with Gasteiger partial charge in [-0.3, -0.25) is 4.79 Å². The lowest BCUT2D eigenvalue weighted by atomic mass is 10.2. The maximum Gasteiger partial charge on any atom is 0.255 e. The van der Waals surface area contributed by atoms with Crippen molar-refractivity contribution in [2.45, 2.75) is 18.9 Å². The molecule has 1 aromatic carbocycles. The standard InChI is InChI=1S/C17H18N2O3/c20-12-14-5-4-10-19(14)17(21)13-8-9-16(18-11-13)22-15-6-2-1-3-7-15/h1-3,6-9,11,14,20H,4-5,10,12H2/t14-/m1/s1. The summed E-state index contributed by atoms with van der Waals surface area (Å²) in [4.78, 5) is 18.3. The summed E-state index contributed by atoms with van der Waals surface area (Å²) in [5.41, 5.74) is 0.515. The van der Waals surface area contributed by atoms with Gasteiger partial charge in [0.15, 0.2) is 0 Å². The van der Waals surface area contributed by atoms with Gasteiger partial charge >= 0.3 is 0 Å².